The number of rotatable bonds is 3. The molecule has 6 heteroatoms. The zero-order chi connectivity index (χ0) is 23.4. The Morgan fingerprint density at radius 2 is 1.06 bits per heavy atom. The molecule has 4 rings (SSSR count). The van der Waals surface area contributed by atoms with Gasteiger partial charge in [0.25, 0.3) is 0 Å². The summed E-state index contributed by atoms with van der Waals surface area (Å²) in [6, 6.07) is 18.9. The van der Waals surface area contributed by atoms with Crippen LogP contribution in [0.5, 0.6) is 0 Å². The van der Waals surface area contributed by atoms with Crippen molar-refractivity contribution in [2.24, 2.45) is 0 Å². The molecule has 33 heavy (non-hydrogen) atoms. The largest absolute Gasteiger partial charge is 0.233 e. The van der Waals surface area contributed by atoms with Crippen LogP contribution in [0, 0.1) is 0 Å². The smallest absolute Gasteiger partial charge is 0.135 e. The second-order valence-corrected chi connectivity index (χ2v) is 8.23. The summed E-state index contributed by atoms with van der Waals surface area (Å²) in [5.41, 5.74) is 1.48. The number of hydrogen-bond donors (Lipinski definition) is 0. The predicted molar refractivity (Wildman–Crippen MR) is 126 cm³/mol. The van der Waals surface area contributed by atoms with Crippen molar-refractivity contribution in [1.29, 1.82) is 0 Å². The van der Waals surface area contributed by atoms with Gasteiger partial charge in [-0.05, 0) is 33.3 Å². The number of allylic oxidation sites excluding steroid dienone is 5. The summed E-state index contributed by atoms with van der Waals surface area (Å²) in [4.78, 5) is 59.0. The molecule has 156 valence electrons. The fourth-order valence-electron chi connectivity index (χ4n) is 4.08. The summed E-state index contributed by atoms with van der Waals surface area (Å²) in [5, 5.41) is 0.627. The monoisotopic (exact) mass is 448 g/mol. The van der Waals surface area contributed by atoms with Crippen molar-refractivity contribution < 1.29 is 24.0 Å². The van der Waals surface area contributed by atoms with Gasteiger partial charge in [-0.15, -0.1) is 8.19 Å². The standard InChI is InChI=1S/C27H13O5P/c28-11-19-20(12-29)22(14-31)26(23(15-32)21(19)13-30)27-25(18-9-5-2-6-10-18)24(16-33-27)17-7-3-1-4-8-17/h1-10,16,26,33H. The van der Waals surface area contributed by atoms with Crippen molar-refractivity contribution in [3.8, 4) is 22.3 Å². The molecule has 5 nitrogen and oxygen atoms in total. The Hall–Kier alpha value is -4.53. The highest BCUT2D eigenvalue weighted by molar-refractivity contribution is 7.31. The zero-order valence-corrected chi connectivity index (χ0v) is 18.0. The van der Waals surface area contributed by atoms with Crippen LogP contribution >= 0.6 is 8.19 Å². The Bertz CT molecular complexity index is 1460. The lowest BCUT2D eigenvalue weighted by atomic mass is 9.72. The molecule has 0 spiro atoms. The number of carbonyl (C=O) groups excluding carboxylic acids is 5. The minimum atomic E-state index is -1.10. The second kappa shape index (κ2) is 9.31. The molecule has 1 atom stereocenters. The first-order valence-corrected chi connectivity index (χ1v) is 10.9. The first-order valence-electron chi connectivity index (χ1n) is 9.79. The SMILES string of the molecule is O=C=C1C(=C=O)C(=C=O)C(c2[pH]cc(-c3ccccc3)c2-c2ccccc2)C(=C=O)C1=C=O. The Morgan fingerprint density at radius 3 is 1.52 bits per heavy atom. The molecule has 0 amide bonds. The average molecular weight is 448 g/mol. The van der Waals surface area contributed by atoms with Crippen molar-refractivity contribution in [3.05, 3.63) is 99.6 Å². The first kappa shape index (κ1) is 21.7. The lowest BCUT2D eigenvalue weighted by molar-refractivity contribution is 0.557. The quantitative estimate of drug-likeness (QED) is 0.567. The van der Waals surface area contributed by atoms with Gasteiger partial charge in [0, 0.05) is 0 Å². The Kier molecular flexibility index (Phi) is 6.12. The first-order chi connectivity index (χ1) is 16.2. The highest BCUT2D eigenvalue weighted by Gasteiger charge is 2.41. The topological polar surface area (TPSA) is 85.3 Å². The molecule has 1 aliphatic carbocycles. The molecule has 0 saturated heterocycles. The highest BCUT2D eigenvalue weighted by atomic mass is 31.0. The second-order valence-electron chi connectivity index (χ2n) is 7.12. The van der Waals surface area contributed by atoms with Crippen LogP contribution < -0.4 is 0 Å². The fourth-order valence-corrected chi connectivity index (χ4v) is 5.57. The number of benzene rings is 2. The van der Waals surface area contributed by atoms with E-state index in [9.17, 15) is 24.0 Å². The Morgan fingerprint density at radius 1 is 0.576 bits per heavy atom. The van der Waals surface area contributed by atoms with Gasteiger partial charge in [-0.2, -0.15) is 0 Å². The van der Waals surface area contributed by atoms with E-state index in [1.165, 1.54) is 5.94 Å². The van der Waals surface area contributed by atoms with Crippen molar-refractivity contribution >= 4 is 37.9 Å². The molecule has 0 radical (unpaired) electrons. The summed E-state index contributed by atoms with van der Waals surface area (Å²) in [7, 11) is 0.0194. The summed E-state index contributed by atoms with van der Waals surface area (Å²) in [6.45, 7) is 0. The van der Waals surface area contributed by atoms with E-state index in [0.29, 0.717) is 5.30 Å². The van der Waals surface area contributed by atoms with Crippen molar-refractivity contribution in [1.82, 2.24) is 0 Å². The molecule has 0 bridgehead atoms. The molecule has 1 fully saturated rings. The van der Waals surface area contributed by atoms with Gasteiger partial charge in [-0.25, -0.2) is 24.0 Å². The van der Waals surface area contributed by atoms with E-state index in [1.807, 2.05) is 66.5 Å². The van der Waals surface area contributed by atoms with Crippen molar-refractivity contribution in [2.75, 3.05) is 0 Å². The van der Waals surface area contributed by atoms with E-state index < -0.39 is 22.6 Å². The van der Waals surface area contributed by atoms with Gasteiger partial charge in [0.2, 0.25) is 0 Å². The van der Waals surface area contributed by atoms with E-state index in [0.717, 1.165) is 22.3 Å². The lowest BCUT2D eigenvalue weighted by Crippen LogP contribution is -2.20. The van der Waals surface area contributed by atoms with E-state index in [2.05, 4.69) is 0 Å². The molecule has 1 aromatic heterocycles. The van der Waals surface area contributed by atoms with E-state index in [-0.39, 0.29) is 19.3 Å². The van der Waals surface area contributed by atoms with Gasteiger partial charge < -0.3 is 0 Å². The van der Waals surface area contributed by atoms with E-state index in [1.54, 1.807) is 23.8 Å². The molecule has 3 aromatic rings. The normalized spacial score (nSPS) is 15.5. The molecular weight excluding hydrogens is 435 g/mol. The molecular formula is C27H13O5P. The molecule has 1 aliphatic rings. The molecule has 2 aromatic carbocycles. The van der Waals surface area contributed by atoms with Gasteiger partial charge in [0.1, 0.15) is 29.7 Å². The maximum atomic E-state index is 12.0. The summed E-state index contributed by atoms with van der Waals surface area (Å²) >= 11 is 0. The van der Waals surface area contributed by atoms with Crippen LogP contribution in [0.15, 0.2) is 94.3 Å². The number of hydrogen-bond acceptors (Lipinski definition) is 5. The Balaban J connectivity index is 2.10. The molecule has 1 unspecified atom stereocenters. The third kappa shape index (κ3) is 3.59. The van der Waals surface area contributed by atoms with Crippen molar-refractivity contribution in [2.45, 2.75) is 5.92 Å². The maximum absolute atomic E-state index is 12.0. The van der Waals surface area contributed by atoms with Crippen LogP contribution in [0.2, 0.25) is 0 Å². The zero-order valence-electron chi connectivity index (χ0n) is 17.0. The maximum Gasteiger partial charge on any atom is 0.135 e. The highest BCUT2D eigenvalue weighted by Crippen LogP contribution is 2.53. The minimum Gasteiger partial charge on any atom is -0.233 e. The van der Waals surface area contributed by atoms with Gasteiger partial charge in [-0.3, -0.25) is 0 Å². The summed E-state index contributed by atoms with van der Waals surface area (Å²) in [5.74, 6) is 8.86. The lowest BCUT2D eigenvalue weighted by Gasteiger charge is -2.26. The predicted octanol–water partition coefficient (Wildman–Crippen LogP) is 3.94. The molecule has 1 saturated carbocycles. The summed E-state index contributed by atoms with van der Waals surface area (Å²) < 4.78 is 0. The van der Waals surface area contributed by atoms with E-state index in [4.69, 9.17) is 0 Å². The van der Waals surface area contributed by atoms with Gasteiger partial charge in [0.05, 0.1) is 33.8 Å². The van der Waals surface area contributed by atoms with Gasteiger partial charge in [-0.1, -0.05) is 60.7 Å². The Labute approximate surface area is 189 Å². The van der Waals surface area contributed by atoms with Crippen LogP contribution in [0.4, 0.5) is 0 Å². The average Bonchev–Trinajstić information content (AvgIpc) is 3.32. The molecule has 0 N–H and O–H groups in total. The third-order valence-electron chi connectivity index (χ3n) is 5.49. The van der Waals surface area contributed by atoms with Crippen molar-refractivity contribution in [3.63, 3.8) is 0 Å². The summed E-state index contributed by atoms with van der Waals surface area (Å²) in [6.07, 6.45) is 0. The molecule has 0 aliphatic heterocycles. The van der Waals surface area contributed by atoms with Gasteiger partial charge >= 0.3 is 0 Å². The van der Waals surface area contributed by atoms with Crippen LogP contribution in [0.3, 0.4) is 0 Å². The minimum absolute atomic E-state index is 0.0194. The van der Waals surface area contributed by atoms with Gasteiger partial charge in [0.15, 0.2) is 0 Å². The van der Waals surface area contributed by atoms with E-state index >= 15 is 0 Å². The van der Waals surface area contributed by atoms with Crippen LogP contribution in [0.25, 0.3) is 22.3 Å². The fraction of sp³-hybridized carbons (Fsp3) is 0.0370. The van der Waals surface area contributed by atoms with Crippen LogP contribution in [0.1, 0.15) is 11.2 Å². The molecule has 1 heterocycles. The van der Waals surface area contributed by atoms with Crippen LogP contribution in [-0.4, -0.2) is 29.7 Å². The van der Waals surface area contributed by atoms with Crippen LogP contribution in [-0.2, 0) is 24.0 Å². The third-order valence-corrected chi connectivity index (χ3v) is 6.77.